The summed E-state index contributed by atoms with van der Waals surface area (Å²) in [6, 6.07) is 9.99. The Bertz CT molecular complexity index is 339. The maximum atomic E-state index is 12.0. The van der Waals surface area contributed by atoms with Gasteiger partial charge in [0.05, 0.1) is 5.54 Å². The predicted molar refractivity (Wildman–Crippen MR) is 74.5 cm³/mol. The first-order valence-electron chi connectivity index (χ1n) is 5.98. The molecule has 0 aromatic heterocycles. The van der Waals surface area contributed by atoms with Crippen molar-refractivity contribution in [3.63, 3.8) is 0 Å². The van der Waals surface area contributed by atoms with E-state index in [0.29, 0.717) is 19.3 Å². The molecule has 0 saturated heterocycles. The van der Waals surface area contributed by atoms with Gasteiger partial charge in [0.15, 0.2) is 5.78 Å². The number of rotatable bonds is 6. The first-order chi connectivity index (χ1) is 7.62. The Labute approximate surface area is 110 Å². The number of Topliss-reactive ketones (excluding diaryl/α,β-unsaturated/α-hetero) is 1. The molecule has 2 nitrogen and oxygen atoms in total. The molecule has 0 amide bonds. The Morgan fingerprint density at radius 1 is 1.24 bits per heavy atom. The third-order valence-corrected chi connectivity index (χ3v) is 3.03. The summed E-state index contributed by atoms with van der Waals surface area (Å²) in [7, 11) is 0. The minimum absolute atomic E-state index is 0. The molecule has 0 heterocycles. The second-order valence-electron chi connectivity index (χ2n) is 4.35. The van der Waals surface area contributed by atoms with Gasteiger partial charge in [-0.2, -0.15) is 0 Å². The van der Waals surface area contributed by atoms with Gasteiger partial charge in [-0.25, -0.2) is 0 Å². The molecule has 0 radical (unpaired) electrons. The second-order valence-corrected chi connectivity index (χ2v) is 4.35. The molecule has 1 rings (SSSR count). The van der Waals surface area contributed by atoms with E-state index in [2.05, 4.69) is 0 Å². The molecule has 0 bridgehead atoms. The third-order valence-electron chi connectivity index (χ3n) is 3.03. The predicted octanol–water partition coefficient (Wildman–Crippen LogP) is 3.13. The molecule has 96 valence electrons. The summed E-state index contributed by atoms with van der Waals surface area (Å²) in [4.78, 5) is 12.0. The van der Waals surface area contributed by atoms with E-state index in [1.807, 2.05) is 44.2 Å². The molecular weight excluding hydrogens is 234 g/mol. The summed E-state index contributed by atoms with van der Waals surface area (Å²) >= 11 is 0. The normalized spacial score (nSPS) is 13.6. The fourth-order valence-corrected chi connectivity index (χ4v) is 1.86. The number of halogens is 1. The molecule has 0 aliphatic carbocycles. The average molecular weight is 256 g/mol. The highest BCUT2D eigenvalue weighted by molar-refractivity contribution is 5.88. The van der Waals surface area contributed by atoms with Crippen LogP contribution in [0.5, 0.6) is 0 Å². The number of carbonyl (C=O) groups excluding carboxylic acids is 1. The number of ketones is 1. The molecule has 0 aliphatic rings. The van der Waals surface area contributed by atoms with Crippen molar-refractivity contribution >= 4 is 18.2 Å². The molecule has 0 saturated carbocycles. The fourth-order valence-electron chi connectivity index (χ4n) is 1.86. The molecular formula is C14H22ClNO. The number of hydrogen-bond acceptors (Lipinski definition) is 2. The van der Waals surface area contributed by atoms with Gasteiger partial charge < -0.3 is 5.73 Å². The van der Waals surface area contributed by atoms with Crippen LogP contribution in [-0.4, -0.2) is 11.3 Å². The van der Waals surface area contributed by atoms with E-state index in [9.17, 15) is 4.79 Å². The van der Waals surface area contributed by atoms with Crippen LogP contribution in [0.3, 0.4) is 0 Å². The first kappa shape index (κ1) is 16.1. The highest BCUT2D eigenvalue weighted by Gasteiger charge is 2.30. The number of hydrogen-bond donors (Lipinski definition) is 1. The lowest BCUT2D eigenvalue weighted by Crippen LogP contribution is -2.49. The molecule has 2 N–H and O–H groups in total. The van der Waals surface area contributed by atoms with Crippen LogP contribution in [0.2, 0.25) is 0 Å². The number of benzene rings is 1. The molecule has 1 aromatic rings. The molecule has 1 unspecified atom stereocenters. The summed E-state index contributed by atoms with van der Waals surface area (Å²) in [6.07, 6.45) is 2.79. The minimum Gasteiger partial charge on any atom is -0.319 e. The summed E-state index contributed by atoms with van der Waals surface area (Å²) in [6.45, 7) is 3.99. The van der Waals surface area contributed by atoms with Crippen molar-refractivity contribution in [1.29, 1.82) is 0 Å². The van der Waals surface area contributed by atoms with Gasteiger partial charge in [-0.15, -0.1) is 12.4 Å². The fraction of sp³-hybridized carbons (Fsp3) is 0.500. The molecule has 0 fully saturated rings. The zero-order valence-electron chi connectivity index (χ0n) is 10.6. The van der Waals surface area contributed by atoms with Gasteiger partial charge in [0, 0.05) is 6.42 Å². The summed E-state index contributed by atoms with van der Waals surface area (Å²) < 4.78 is 0. The van der Waals surface area contributed by atoms with Gasteiger partial charge in [0.2, 0.25) is 0 Å². The van der Waals surface area contributed by atoms with Crippen LogP contribution >= 0.6 is 12.4 Å². The largest absolute Gasteiger partial charge is 0.319 e. The first-order valence-corrected chi connectivity index (χ1v) is 5.98. The topological polar surface area (TPSA) is 43.1 Å². The number of nitrogens with two attached hydrogens (primary N) is 1. The Kier molecular flexibility index (Phi) is 7.09. The molecule has 17 heavy (non-hydrogen) atoms. The monoisotopic (exact) mass is 255 g/mol. The highest BCUT2D eigenvalue weighted by Crippen LogP contribution is 2.18. The lowest BCUT2D eigenvalue weighted by Gasteiger charge is -2.26. The van der Waals surface area contributed by atoms with Gasteiger partial charge in [-0.1, -0.05) is 44.2 Å². The summed E-state index contributed by atoms with van der Waals surface area (Å²) in [5.74, 6) is 0.182. The SMILES string of the molecule is CCCC(=O)C(N)(CC)Cc1ccccc1.Cl. The van der Waals surface area contributed by atoms with Gasteiger partial charge in [0.25, 0.3) is 0 Å². The average Bonchev–Trinajstić information content (AvgIpc) is 2.30. The van der Waals surface area contributed by atoms with Gasteiger partial charge >= 0.3 is 0 Å². The van der Waals surface area contributed by atoms with E-state index in [1.54, 1.807) is 0 Å². The Hall–Kier alpha value is -0.860. The Balaban J connectivity index is 0.00000256. The zero-order valence-corrected chi connectivity index (χ0v) is 11.4. The summed E-state index contributed by atoms with van der Waals surface area (Å²) in [5.41, 5.74) is 6.66. The van der Waals surface area contributed by atoms with Crippen molar-refractivity contribution < 1.29 is 4.79 Å². The van der Waals surface area contributed by atoms with E-state index in [1.165, 1.54) is 0 Å². The maximum Gasteiger partial charge on any atom is 0.152 e. The van der Waals surface area contributed by atoms with Crippen LogP contribution < -0.4 is 5.73 Å². The van der Waals surface area contributed by atoms with Crippen molar-refractivity contribution in [2.75, 3.05) is 0 Å². The van der Waals surface area contributed by atoms with Gasteiger partial charge in [-0.3, -0.25) is 4.79 Å². The van der Waals surface area contributed by atoms with Crippen LogP contribution in [0.25, 0.3) is 0 Å². The van der Waals surface area contributed by atoms with E-state index in [0.717, 1.165) is 12.0 Å². The lowest BCUT2D eigenvalue weighted by molar-refractivity contribution is -0.124. The van der Waals surface area contributed by atoms with Crippen LogP contribution in [0, 0.1) is 0 Å². The Morgan fingerprint density at radius 2 is 1.82 bits per heavy atom. The van der Waals surface area contributed by atoms with Crippen molar-refractivity contribution in [2.45, 2.75) is 45.1 Å². The molecule has 1 atom stereocenters. The molecule has 1 aromatic carbocycles. The van der Waals surface area contributed by atoms with Crippen LogP contribution in [0.1, 0.15) is 38.7 Å². The standard InChI is InChI=1S/C14H21NO.ClH/c1-3-8-13(16)14(15,4-2)11-12-9-6-5-7-10-12;/h5-7,9-10H,3-4,8,11,15H2,1-2H3;1H. The van der Waals surface area contributed by atoms with Crippen molar-refractivity contribution in [2.24, 2.45) is 5.73 Å². The Morgan fingerprint density at radius 3 is 2.29 bits per heavy atom. The number of carbonyl (C=O) groups is 1. The minimum atomic E-state index is -0.683. The molecule has 0 aliphatic heterocycles. The molecule has 3 heteroatoms. The van der Waals surface area contributed by atoms with Gasteiger partial charge in [0.1, 0.15) is 0 Å². The van der Waals surface area contributed by atoms with Crippen LogP contribution in [0.4, 0.5) is 0 Å². The maximum absolute atomic E-state index is 12.0. The van der Waals surface area contributed by atoms with Gasteiger partial charge in [-0.05, 0) is 24.8 Å². The van der Waals surface area contributed by atoms with Crippen molar-refractivity contribution in [3.05, 3.63) is 35.9 Å². The zero-order chi connectivity index (χ0) is 12.0. The quantitative estimate of drug-likeness (QED) is 0.849. The van der Waals surface area contributed by atoms with E-state index >= 15 is 0 Å². The van der Waals surface area contributed by atoms with Crippen molar-refractivity contribution in [3.8, 4) is 0 Å². The van der Waals surface area contributed by atoms with Crippen molar-refractivity contribution in [1.82, 2.24) is 0 Å². The van der Waals surface area contributed by atoms with Crippen LogP contribution in [-0.2, 0) is 11.2 Å². The second kappa shape index (κ2) is 7.46. The van der Waals surface area contributed by atoms with E-state index < -0.39 is 5.54 Å². The van der Waals surface area contributed by atoms with E-state index in [-0.39, 0.29) is 18.2 Å². The lowest BCUT2D eigenvalue weighted by atomic mass is 9.83. The smallest absolute Gasteiger partial charge is 0.152 e. The highest BCUT2D eigenvalue weighted by atomic mass is 35.5. The third kappa shape index (κ3) is 4.49. The summed E-state index contributed by atoms with van der Waals surface area (Å²) in [5, 5.41) is 0. The molecule has 0 spiro atoms. The van der Waals surface area contributed by atoms with Crippen LogP contribution in [0.15, 0.2) is 30.3 Å². The van der Waals surface area contributed by atoms with E-state index in [4.69, 9.17) is 5.73 Å².